The van der Waals surface area contributed by atoms with E-state index in [1.807, 2.05) is 0 Å². The predicted octanol–water partition coefficient (Wildman–Crippen LogP) is 1.21. The van der Waals surface area contributed by atoms with Crippen molar-refractivity contribution >= 4 is 22.7 Å². The van der Waals surface area contributed by atoms with Gasteiger partial charge in [0.05, 0.1) is 0 Å². The molecule has 0 aliphatic rings. The van der Waals surface area contributed by atoms with Crippen LogP contribution in [0.25, 0.3) is 10.9 Å². The Balaban J connectivity index is 2.47. The molecule has 1 heterocycles. The maximum Gasteiger partial charge on any atom is 0.322 e. The third-order valence-corrected chi connectivity index (χ3v) is 2.22. The summed E-state index contributed by atoms with van der Waals surface area (Å²) in [5.74, 6) is -0.995. The lowest BCUT2D eigenvalue weighted by molar-refractivity contribution is -0.134. The molecule has 6 heteroatoms. The van der Waals surface area contributed by atoms with Crippen molar-refractivity contribution in [2.75, 3.05) is 11.9 Å². The van der Waals surface area contributed by atoms with Gasteiger partial charge in [0.15, 0.2) is 5.82 Å². The number of carboxylic acid groups (broad SMARTS) is 1. The quantitative estimate of drug-likeness (QED) is 0.820. The zero-order chi connectivity index (χ0) is 11.7. The van der Waals surface area contributed by atoms with Crippen LogP contribution in [0.5, 0.6) is 0 Å². The lowest BCUT2D eigenvalue weighted by Gasteiger charge is -1.98. The van der Waals surface area contributed by atoms with Crippen LogP contribution in [0.4, 0.5) is 10.2 Å². The van der Waals surface area contributed by atoms with Crippen LogP contribution in [0.3, 0.4) is 0 Å². The van der Waals surface area contributed by atoms with E-state index in [-0.39, 0.29) is 12.4 Å². The first-order chi connectivity index (χ1) is 7.59. The molecule has 1 aromatic heterocycles. The Kier molecular flexibility index (Phi) is 2.47. The predicted molar refractivity (Wildman–Crippen MR) is 56.8 cm³/mol. The second kappa shape index (κ2) is 3.80. The van der Waals surface area contributed by atoms with Gasteiger partial charge in [-0.2, -0.15) is 5.10 Å². The molecule has 0 aliphatic heterocycles. The van der Waals surface area contributed by atoms with Crippen LogP contribution in [0.1, 0.15) is 0 Å². The largest absolute Gasteiger partial charge is 0.480 e. The van der Waals surface area contributed by atoms with E-state index in [1.54, 1.807) is 19.2 Å². The molecule has 0 saturated heterocycles. The first-order valence-corrected chi connectivity index (χ1v) is 4.66. The van der Waals surface area contributed by atoms with Gasteiger partial charge in [-0.1, -0.05) is 6.07 Å². The lowest BCUT2D eigenvalue weighted by atomic mass is 10.2. The maximum absolute atomic E-state index is 13.5. The number of hydrogen-bond donors (Lipinski definition) is 2. The summed E-state index contributed by atoms with van der Waals surface area (Å²) in [5.41, 5.74) is 0.357. The Bertz CT molecular complexity index is 550. The van der Waals surface area contributed by atoms with Crippen molar-refractivity contribution in [1.29, 1.82) is 0 Å². The van der Waals surface area contributed by atoms with E-state index < -0.39 is 5.97 Å². The van der Waals surface area contributed by atoms with Crippen LogP contribution in [0.15, 0.2) is 18.2 Å². The number of para-hydroxylation sites is 1. The molecule has 2 rings (SSSR count). The number of aliphatic carboxylic acids is 1. The van der Waals surface area contributed by atoms with Gasteiger partial charge < -0.3 is 10.4 Å². The van der Waals surface area contributed by atoms with Gasteiger partial charge in [0, 0.05) is 12.4 Å². The van der Waals surface area contributed by atoms with Gasteiger partial charge in [-0.05, 0) is 12.1 Å². The fraction of sp³-hybridized carbons (Fsp3) is 0.200. The van der Waals surface area contributed by atoms with Crippen LogP contribution in [-0.2, 0) is 11.8 Å². The minimum absolute atomic E-state index is 0.247. The number of benzene rings is 1. The Hall–Kier alpha value is -2.11. The molecule has 84 valence electrons. The molecule has 5 nitrogen and oxygen atoms in total. The number of nitrogens with zero attached hydrogens (tertiary/aromatic N) is 2. The van der Waals surface area contributed by atoms with Crippen LogP contribution < -0.4 is 5.32 Å². The Morgan fingerprint density at radius 1 is 1.62 bits per heavy atom. The lowest BCUT2D eigenvalue weighted by Crippen LogP contribution is -2.12. The number of fused-ring (bicyclic) bond motifs is 1. The molecule has 1 aromatic carbocycles. The highest BCUT2D eigenvalue weighted by Gasteiger charge is 2.12. The molecular formula is C10H10FN3O2. The molecule has 0 amide bonds. The number of hydrogen-bond acceptors (Lipinski definition) is 3. The van der Waals surface area contributed by atoms with Gasteiger partial charge in [0.1, 0.15) is 17.9 Å². The number of rotatable bonds is 3. The fourth-order valence-corrected chi connectivity index (χ4v) is 1.58. The maximum atomic E-state index is 13.5. The number of nitrogens with one attached hydrogen (secondary N) is 1. The summed E-state index contributed by atoms with van der Waals surface area (Å²) in [6, 6.07) is 4.59. The van der Waals surface area contributed by atoms with Gasteiger partial charge in [-0.15, -0.1) is 0 Å². The second-order valence-corrected chi connectivity index (χ2v) is 3.36. The topological polar surface area (TPSA) is 67.2 Å². The van der Waals surface area contributed by atoms with E-state index in [2.05, 4.69) is 10.4 Å². The van der Waals surface area contributed by atoms with Crippen molar-refractivity contribution in [3.8, 4) is 0 Å². The number of aromatic nitrogens is 2. The summed E-state index contributed by atoms with van der Waals surface area (Å²) >= 11 is 0. The zero-order valence-electron chi connectivity index (χ0n) is 8.57. The molecule has 2 aromatic rings. The first-order valence-electron chi connectivity index (χ1n) is 4.66. The average Bonchev–Trinajstić information content (AvgIpc) is 2.54. The molecule has 2 N–H and O–H groups in total. The molecule has 0 saturated carbocycles. The van der Waals surface area contributed by atoms with Gasteiger partial charge in [0.2, 0.25) is 0 Å². The molecule has 0 spiro atoms. The van der Waals surface area contributed by atoms with Crippen LogP contribution in [0, 0.1) is 5.82 Å². The first kappa shape index (κ1) is 10.4. The van der Waals surface area contributed by atoms with Crippen molar-refractivity contribution in [3.63, 3.8) is 0 Å². The molecule has 0 radical (unpaired) electrons. The monoisotopic (exact) mass is 223 g/mol. The van der Waals surface area contributed by atoms with E-state index in [0.29, 0.717) is 16.7 Å². The summed E-state index contributed by atoms with van der Waals surface area (Å²) in [7, 11) is 1.61. The van der Waals surface area contributed by atoms with Crippen molar-refractivity contribution < 1.29 is 14.3 Å². The van der Waals surface area contributed by atoms with Crippen LogP contribution in [-0.4, -0.2) is 27.4 Å². The molecule has 0 fully saturated rings. The molecule has 0 atom stereocenters. The third kappa shape index (κ3) is 1.69. The Morgan fingerprint density at radius 2 is 2.38 bits per heavy atom. The normalized spacial score (nSPS) is 10.6. The molecule has 0 bridgehead atoms. The van der Waals surface area contributed by atoms with E-state index in [9.17, 15) is 9.18 Å². The molecule has 16 heavy (non-hydrogen) atoms. The van der Waals surface area contributed by atoms with Gasteiger partial charge in [-0.3, -0.25) is 9.48 Å². The standard InChI is InChI=1S/C10H10FN3O2/c1-14-9-6(3-2-4-7(9)11)10(13-14)12-5-8(15)16/h2-4H,5H2,1H3,(H,12,13)(H,15,16). The number of aryl methyl sites for hydroxylation is 1. The van der Waals surface area contributed by atoms with Crippen LogP contribution >= 0.6 is 0 Å². The summed E-state index contributed by atoms with van der Waals surface area (Å²) < 4.78 is 14.8. The third-order valence-electron chi connectivity index (χ3n) is 2.22. The van der Waals surface area contributed by atoms with Gasteiger partial charge in [0.25, 0.3) is 0 Å². The van der Waals surface area contributed by atoms with E-state index in [1.165, 1.54) is 10.7 Å². The highest BCUT2D eigenvalue weighted by Crippen LogP contribution is 2.23. The van der Waals surface area contributed by atoms with Gasteiger partial charge in [-0.25, -0.2) is 4.39 Å². The molecule has 0 unspecified atom stereocenters. The number of anilines is 1. The SMILES string of the molecule is Cn1nc(NCC(=O)O)c2cccc(F)c21. The average molecular weight is 223 g/mol. The Labute approximate surface area is 90.5 Å². The van der Waals surface area contributed by atoms with Crippen molar-refractivity contribution in [3.05, 3.63) is 24.0 Å². The summed E-state index contributed by atoms with van der Waals surface area (Å²) in [6.07, 6.45) is 0. The minimum Gasteiger partial charge on any atom is -0.480 e. The highest BCUT2D eigenvalue weighted by molar-refractivity contribution is 5.91. The summed E-state index contributed by atoms with van der Waals surface area (Å²) in [6.45, 7) is -0.247. The summed E-state index contributed by atoms with van der Waals surface area (Å²) in [5, 5.41) is 15.8. The molecule has 0 aliphatic carbocycles. The smallest absolute Gasteiger partial charge is 0.322 e. The van der Waals surface area contributed by atoms with Crippen molar-refractivity contribution in [1.82, 2.24) is 9.78 Å². The van der Waals surface area contributed by atoms with E-state index in [4.69, 9.17) is 5.11 Å². The number of carboxylic acids is 1. The van der Waals surface area contributed by atoms with Crippen LogP contribution in [0.2, 0.25) is 0 Å². The van der Waals surface area contributed by atoms with Gasteiger partial charge >= 0.3 is 5.97 Å². The minimum atomic E-state index is -0.991. The fourth-order valence-electron chi connectivity index (χ4n) is 1.58. The van der Waals surface area contributed by atoms with Crippen molar-refractivity contribution in [2.24, 2.45) is 7.05 Å². The van der Waals surface area contributed by atoms with E-state index >= 15 is 0 Å². The second-order valence-electron chi connectivity index (χ2n) is 3.36. The zero-order valence-corrected chi connectivity index (χ0v) is 8.57. The Morgan fingerprint density at radius 3 is 3.06 bits per heavy atom. The highest BCUT2D eigenvalue weighted by atomic mass is 19.1. The number of carbonyl (C=O) groups is 1. The van der Waals surface area contributed by atoms with Crippen molar-refractivity contribution in [2.45, 2.75) is 0 Å². The summed E-state index contributed by atoms with van der Waals surface area (Å²) in [4.78, 5) is 10.4. The molecular weight excluding hydrogens is 213 g/mol. The van der Waals surface area contributed by atoms with E-state index in [0.717, 1.165) is 0 Å². The number of halogens is 1.